The molecule has 0 atom stereocenters. The van der Waals surface area contributed by atoms with Crippen LogP contribution < -0.4 is 10.2 Å². The number of carbonyl (C=O) groups excluding carboxylic acids is 2. The van der Waals surface area contributed by atoms with Gasteiger partial charge in [0.15, 0.2) is 5.11 Å². The Morgan fingerprint density at radius 1 is 1.10 bits per heavy atom. The average Bonchev–Trinajstić information content (AvgIpc) is 2.72. The van der Waals surface area contributed by atoms with Gasteiger partial charge in [-0.25, -0.2) is 4.79 Å². The van der Waals surface area contributed by atoms with Gasteiger partial charge in [-0.2, -0.15) is 0 Å². The van der Waals surface area contributed by atoms with E-state index in [4.69, 9.17) is 40.2 Å². The van der Waals surface area contributed by atoms with Crippen molar-refractivity contribution < 1.29 is 14.3 Å². The number of hydrogen-bond donors (Lipinski definition) is 1. The molecule has 0 radical (unpaired) electrons. The number of benzene rings is 2. The Labute approximate surface area is 192 Å². The number of esters is 1. The third-order valence-electron chi connectivity index (χ3n) is 4.28. The summed E-state index contributed by atoms with van der Waals surface area (Å²) in [5.41, 5.74) is 1.93. The van der Waals surface area contributed by atoms with E-state index < -0.39 is 5.97 Å². The summed E-state index contributed by atoms with van der Waals surface area (Å²) in [4.78, 5) is 25.9. The average molecular weight is 467 g/mol. The molecule has 5 nitrogen and oxygen atoms in total. The van der Waals surface area contributed by atoms with E-state index in [1.807, 2.05) is 13.0 Å². The fourth-order valence-corrected chi connectivity index (χ4v) is 3.43. The van der Waals surface area contributed by atoms with E-state index in [1.54, 1.807) is 48.2 Å². The summed E-state index contributed by atoms with van der Waals surface area (Å²) in [7, 11) is 0. The number of nitrogens with one attached hydrogen (secondary N) is 1. The summed E-state index contributed by atoms with van der Waals surface area (Å²) in [5, 5.41) is 4.06. The predicted octanol–water partition coefficient (Wildman–Crippen LogP) is 5.77. The molecule has 0 aliphatic carbocycles. The van der Waals surface area contributed by atoms with E-state index in [2.05, 4.69) is 5.32 Å². The second kappa shape index (κ2) is 11.9. The number of anilines is 1. The minimum Gasteiger partial charge on any atom is -0.462 e. The summed E-state index contributed by atoms with van der Waals surface area (Å²) in [6.07, 6.45) is 2.10. The highest BCUT2D eigenvalue weighted by Gasteiger charge is 2.18. The molecule has 0 heterocycles. The maximum atomic E-state index is 12.2. The number of halogens is 2. The lowest BCUT2D eigenvalue weighted by Crippen LogP contribution is -2.42. The number of unbranched alkanes of at least 4 members (excludes halogenated alkanes) is 1. The zero-order valence-corrected chi connectivity index (χ0v) is 19.2. The Balaban J connectivity index is 2.29. The molecule has 0 unspecified atom stereocenters. The minimum absolute atomic E-state index is 0.141. The summed E-state index contributed by atoms with van der Waals surface area (Å²) in [5.74, 6) is -0.538. The highest BCUT2D eigenvalue weighted by atomic mass is 35.5. The largest absolute Gasteiger partial charge is 0.462 e. The molecule has 2 aromatic rings. The maximum absolute atomic E-state index is 12.2. The number of ether oxygens (including phenoxy) is 1. The summed E-state index contributed by atoms with van der Waals surface area (Å²) < 4.78 is 5.02. The molecule has 0 saturated carbocycles. The van der Waals surface area contributed by atoms with Crippen LogP contribution in [0.2, 0.25) is 10.0 Å². The molecule has 0 fully saturated rings. The standard InChI is InChI=1S/C22H24Cl2N2O3S/c1-3-5-6-20(27)25-22(30)26(14-16-7-10-17(23)13-19(16)24)18-11-8-15(9-12-18)21(28)29-4-2/h7-13H,3-6,14H2,1-2H3,(H,25,27,30). The molecule has 1 N–H and O–H groups in total. The van der Waals surface area contributed by atoms with Gasteiger partial charge in [-0.05, 0) is 67.5 Å². The lowest BCUT2D eigenvalue weighted by molar-refractivity contribution is -0.119. The van der Waals surface area contributed by atoms with Gasteiger partial charge in [-0.3, -0.25) is 4.79 Å². The fraction of sp³-hybridized carbons (Fsp3) is 0.318. The Morgan fingerprint density at radius 3 is 2.40 bits per heavy atom. The van der Waals surface area contributed by atoms with Gasteiger partial charge in [0.05, 0.1) is 18.7 Å². The van der Waals surface area contributed by atoms with Crippen molar-refractivity contribution in [1.29, 1.82) is 0 Å². The van der Waals surface area contributed by atoms with Crippen LogP contribution in [0.1, 0.15) is 49.0 Å². The quantitative estimate of drug-likeness (QED) is 0.395. The highest BCUT2D eigenvalue weighted by molar-refractivity contribution is 7.80. The van der Waals surface area contributed by atoms with Crippen LogP contribution >= 0.6 is 35.4 Å². The molecule has 0 aliphatic heterocycles. The van der Waals surface area contributed by atoms with E-state index in [1.165, 1.54) is 0 Å². The summed E-state index contributed by atoms with van der Waals surface area (Å²) in [6.45, 7) is 4.40. The molecule has 1 amide bonds. The maximum Gasteiger partial charge on any atom is 0.338 e. The number of amides is 1. The zero-order valence-electron chi connectivity index (χ0n) is 16.9. The van der Waals surface area contributed by atoms with Crippen LogP contribution in [0, 0.1) is 0 Å². The number of nitrogens with zero attached hydrogens (tertiary/aromatic N) is 1. The van der Waals surface area contributed by atoms with Crippen LogP contribution in [0.15, 0.2) is 42.5 Å². The van der Waals surface area contributed by atoms with Crippen LogP contribution in [-0.4, -0.2) is 23.6 Å². The topological polar surface area (TPSA) is 58.6 Å². The van der Waals surface area contributed by atoms with Crippen molar-refractivity contribution >= 4 is 58.1 Å². The molecular formula is C22H24Cl2N2O3S. The van der Waals surface area contributed by atoms with E-state index in [-0.39, 0.29) is 11.0 Å². The smallest absolute Gasteiger partial charge is 0.338 e. The van der Waals surface area contributed by atoms with Crippen LogP contribution in [0.3, 0.4) is 0 Å². The van der Waals surface area contributed by atoms with Crippen molar-refractivity contribution in [3.8, 4) is 0 Å². The van der Waals surface area contributed by atoms with Gasteiger partial charge in [-0.1, -0.05) is 42.6 Å². The van der Waals surface area contributed by atoms with E-state index in [0.717, 1.165) is 18.4 Å². The molecule has 8 heteroatoms. The Morgan fingerprint density at radius 2 is 1.80 bits per heavy atom. The van der Waals surface area contributed by atoms with Gasteiger partial charge >= 0.3 is 5.97 Å². The van der Waals surface area contributed by atoms with Gasteiger partial charge in [-0.15, -0.1) is 0 Å². The lowest BCUT2D eigenvalue weighted by Gasteiger charge is -2.26. The molecule has 0 bridgehead atoms. The normalized spacial score (nSPS) is 10.4. The Hall–Kier alpha value is -2.15. The number of rotatable bonds is 8. The van der Waals surface area contributed by atoms with Gasteiger partial charge in [0, 0.05) is 22.2 Å². The van der Waals surface area contributed by atoms with Crippen LogP contribution in [0.5, 0.6) is 0 Å². The van der Waals surface area contributed by atoms with Gasteiger partial charge in [0.1, 0.15) is 0 Å². The minimum atomic E-state index is -0.396. The molecule has 160 valence electrons. The monoisotopic (exact) mass is 466 g/mol. The number of carbonyl (C=O) groups is 2. The van der Waals surface area contributed by atoms with E-state index in [9.17, 15) is 9.59 Å². The third kappa shape index (κ3) is 6.97. The third-order valence-corrected chi connectivity index (χ3v) is 5.19. The van der Waals surface area contributed by atoms with E-state index in [0.29, 0.717) is 40.9 Å². The first-order valence-electron chi connectivity index (χ1n) is 9.68. The van der Waals surface area contributed by atoms with E-state index >= 15 is 0 Å². The van der Waals surface area contributed by atoms with Crippen molar-refractivity contribution in [2.75, 3.05) is 11.5 Å². The molecule has 0 saturated heterocycles. The predicted molar refractivity (Wildman–Crippen MR) is 125 cm³/mol. The first kappa shape index (κ1) is 24.1. The fourth-order valence-electron chi connectivity index (χ4n) is 2.68. The second-order valence-corrected chi connectivity index (χ2v) is 7.78. The highest BCUT2D eigenvalue weighted by Crippen LogP contribution is 2.25. The molecule has 2 rings (SSSR count). The Kier molecular flexibility index (Phi) is 9.56. The van der Waals surface area contributed by atoms with Crippen molar-refractivity contribution in [2.45, 2.75) is 39.7 Å². The molecule has 30 heavy (non-hydrogen) atoms. The zero-order chi connectivity index (χ0) is 22.1. The molecule has 0 aliphatic rings. The van der Waals surface area contributed by atoms with Crippen molar-refractivity contribution in [1.82, 2.24) is 5.32 Å². The summed E-state index contributed by atoms with van der Waals surface area (Å²) >= 11 is 17.8. The van der Waals surface area contributed by atoms with Gasteiger partial charge in [0.25, 0.3) is 0 Å². The first-order chi connectivity index (χ1) is 14.3. The molecule has 0 spiro atoms. The first-order valence-corrected chi connectivity index (χ1v) is 10.8. The second-order valence-electron chi connectivity index (χ2n) is 6.55. The number of hydrogen-bond acceptors (Lipinski definition) is 4. The van der Waals surface area contributed by atoms with Crippen molar-refractivity contribution in [2.24, 2.45) is 0 Å². The van der Waals surface area contributed by atoms with Gasteiger partial charge < -0.3 is 15.0 Å². The van der Waals surface area contributed by atoms with Crippen LogP contribution in [-0.2, 0) is 16.1 Å². The van der Waals surface area contributed by atoms with Gasteiger partial charge in [0.2, 0.25) is 5.91 Å². The van der Waals surface area contributed by atoms with Crippen LogP contribution in [0.25, 0.3) is 0 Å². The molecular weight excluding hydrogens is 443 g/mol. The van der Waals surface area contributed by atoms with Crippen LogP contribution in [0.4, 0.5) is 5.69 Å². The van der Waals surface area contributed by atoms with Crippen molar-refractivity contribution in [3.63, 3.8) is 0 Å². The summed E-state index contributed by atoms with van der Waals surface area (Å²) in [6, 6.07) is 12.0. The van der Waals surface area contributed by atoms with Crippen molar-refractivity contribution in [3.05, 3.63) is 63.6 Å². The SMILES string of the molecule is CCCCC(=O)NC(=S)N(Cc1ccc(Cl)cc1Cl)c1ccc(C(=O)OCC)cc1. The molecule has 2 aromatic carbocycles. The molecule has 0 aromatic heterocycles. The lowest BCUT2D eigenvalue weighted by atomic mass is 10.1. The number of thiocarbonyl (C=S) groups is 1. The Bertz CT molecular complexity index is 904.